The van der Waals surface area contributed by atoms with Gasteiger partial charge in [0.15, 0.2) is 5.78 Å². The molecule has 0 bridgehead atoms. The van der Waals surface area contributed by atoms with Crippen LogP contribution >= 0.6 is 0 Å². The topological polar surface area (TPSA) is 60.2 Å². The maximum absolute atomic E-state index is 11.7. The first-order valence-corrected chi connectivity index (χ1v) is 8.54. The van der Waals surface area contributed by atoms with Gasteiger partial charge in [-0.1, -0.05) is 6.07 Å². The quantitative estimate of drug-likeness (QED) is 0.804. The Morgan fingerprint density at radius 3 is 2.60 bits per heavy atom. The number of benzene rings is 1. The fourth-order valence-electron chi connectivity index (χ4n) is 3.29. The molecule has 1 fully saturated rings. The number of aromatic nitrogens is 1. The number of hydrogen-bond acceptors (Lipinski definition) is 5. The van der Waals surface area contributed by atoms with Gasteiger partial charge in [0.1, 0.15) is 6.07 Å². The van der Waals surface area contributed by atoms with Crippen LogP contribution < -0.4 is 4.90 Å². The molecule has 1 unspecified atom stereocenters. The van der Waals surface area contributed by atoms with E-state index in [1.54, 1.807) is 25.3 Å². The summed E-state index contributed by atoms with van der Waals surface area (Å²) in [4.78, 5) is 20.5. The molecule has 1 saturated heterocycles. The molecule has 1 aromatic carbocycles. The van der Waals surface area contributed by atoms with Crippen molar-refractivity contribution >= 4 is 11.5 Å². The van der Waals surface area contributed by atoms with Crippen molar-refractivity contribution < 1.29 is 4.79 Å². The van der Waals surface area contributed by atoms with Gasteiger partial charge in [-0.15, -0.1) is 0 Å². The first kappa shape index (κ1) is 17.1. The molecule has 0 spiro atoms. The number of carbonyl (C=O) groups is 1. The van der Waals surface area contributed by atoms with Crippen molar-refractivity contribution in [2.45, 2.75) is 19.9 Å². The van der Waals surface area contributed by atoms with Gasteiger partial charge in [0, 0.05) is 50.2 Å². The molecule has 5 nitrogen and oxygen atoms in total. The van der Waals surface area contributed by atoms with Gasteiger partial charge >= 0.3 is 0 Å². The lowest BCUT2D eigenvalue weighted by molar-refractivity contribution is 0.101. The maximum Gasteiger partial charge on any atom is 0.159 e. The molecule has 0 N–H and O–H groups in total. The summed E-state index contributed by atoms with van der Waals surface area (Å²) in [6.07, 6.45) is 3.71. The molecule has 1 aliphatic heterocycles. The van der Waals surface area contributed by atoms with Crippen molar-refractivity contribution in [2.24, 2.45) is 0 Å². The van der Waals surface area contributed by atoms with Crippen LogP contribution in [0.4, 0.5) is 5.69 Å². The molecular weight excluding hydrogens is 312 g/mol. The van der Waals surface area contributed by atoms with Gasteiger partial charge in [0.2, 0.25) is 0 Å². The van der Waals surface area contributed by atoms with E-state index in [4.69, 9.17) is 0 Å². The van der Waals surface area contributed by atoms with Gasteiger partial charge < -0.3 is 4.90 Å². The van der Waals surface area contributed by atoms with E-state index in [2.05, 4.69) is 33.8 Å². The van der Waals surface area contributed by atoms with Crippen LogP contribution in [-0.2, 0) is 0 Å². The summed E-state index contributed by atoms with van der Waals surface area (Å²) in [5.74, 6) is 0.0228. The van der Waals surface area contributed by atoms with Crippen LogP contribution in [-0.4, -0.2) is 41.8 Å². The van der Waals surface area contributed by atoms with Crippen LogP contribution in [0.1, 0.15) is 41.4 Å². The minimum atomic E-state index is 0.0228. The van der Waals surface area contributed by atoms with Gasteiger partial charge in [-0.05, 0) is 43.7 Å². The van der Waals surface area contributed by atoms with Crippen LogP contribution in [0.3, 0.4) is 0 Å². The van der Waals surface area contributed by atoms with Crippen molar-refractivity contribution in [1.29, 1.82) is 5.26 Å². The Kier molecular flexibility index (Phi) is 5.11. The van der Waals surface area contributed by atoms with Crippen LogP contribution in [0.25, 0.3) is 0 Å². The van der Waals surface area contributed by atoms with E-state index >= 15 is 0 Å². The number of Topliss-reactive ketones (excluding diaryl/α,β-unsaturated/α-hetero) is 1. The summed E-state index contributed by atoms with van der Waals surface area (Å²) < 4.78 is 0. The van der Waals surface area contributed by atoms with E-state index in [-0.39, 0.29) is 5.78 Å². The largest absolute Gasteiger partial charge is 0.368 e. The summed E-state index contributed by atoms with van der Waals surface area (Å²) in [6.45, 7) is 7.24. The fraction of sp³-hybridized carbons (Fsp3) is 0.350. The molecule has 0 saturated carbocycles. The predicted octanol–water partition coefficient (Wildman–Crippen LogP) is 3.04. The molecule has 1 aliphatic rings. The number of nitrogens with zero attached hydrogens (tertiary/aromatic N) is 4. The van der Waals surface area contributed by atoms with Crippen LogP contribution in [0.15, 0.2) is 42.7 Å². The molecule has 1 atom stereocenters. The highest BCUT2D eigenvalue weighted by Gasteiger charge is 2.24. The monoisotopic (exact) mass is 334 g/mol. The Labute approximate surface area is 148 Å². The van der Waals surface area contributed by atoms with Crippen molar-refractivity contribution in [1.82, 2.24) is 9.88 Å². The van der Waals surface area contributed by atoms with E-state index in [0.717, 1.165) is 31.9 Å². The van der Waals surface area contributed by atoms with E-state index < -0.39 is 0 Å². The zero-order valence-corrected chi connectivity index (χ0v) is 14.6. The standard InChI is InChI=1S/C20H22N4O/c1-15(19-4-3-7-22-14-19)23-8-10-24(11-9-23)20-12-17(16(2)25)5-6-18(20)13-21/h3-7,12,14-15H,8-11H2,1-2H3. The Morgan fingerprint density at radius 2 is 2.00 bits per heavy atom. The third-order valence-corrected chi connectivity index (χ3v) is 4.89. The van der Waals surface area contributed by atoms with E-state index in [0.29, 0.717) is 17.2 Å². The summed E-state index contributed by atoms with van der Waals surface area (Å²) in [7, 11) is 0. The van der Waals surface area contributed by atoms with E-state index in [1.807, 2.05) is 18.3 Å². The van der Waals surface area contributed by atoms with Gasteiger partial charge in [-0.25, -0.2) is 0 Å². The van der Waals surface area contributed by atoms with Crippen LogP contribution in [0.2, 0.25) is 0 Å². The average molecular weight is 334 g/mol. The van der Waals surface area contributed by atoms with Crippen molar-refractivity contribution in [3.05, 3.63) is 59.4 Å². The zero-order chi connectivity index (χ0) is 17.8. The van der Waals surface area contributed by atoms with Crippen LogP contribution in [0, 0.1) is 11.3 Å². The number of nitriles is 1. The fourth-order valence-corrected chi connectivity index (χ4v) is 3.29. The Morgan fingerprint density at radius 1 is 1.24 bits per heavy atom. The molecule has 3 rings (SSSR count). The molecule has 2 aromatic rings. The number of anilines is 1. The van der Waals surface area contributed by atoms with Gasteiger partial charge in [0.05, 0.1) is 11.3 Å². The SMILES string of the molecule is CC(=O)c1ccc(C#N)c(N2CCN(C(C)c3cccnc3)CC2)c1. The molecule has 2 heterocycles. The number of carbonyl (C=O) groups excluding carboxylic acids is 1. The lowest BCUT2D eigenvalue weighted by Gasteiger charge is -2.39. The first-order chi connectivity index (χ1) is 12.1. The second-order valence-electron chi connectivity index (χ2n) is 6.39. The highest BCUT2D eigenvalue weighted by atomic mass is 16.1. The molecule has 0 aliphatic carbocycles. The molecule has 0 radical (unpaired) electrons. The van der Waals surface area contributed by atoms with Crippen molar-refractivity contribution in [2.75, 3.05) is 31.1 Å². The average Bonchev–Trinajstić information content (AvgIpc) is 2.67. The second-order valence-corrected chi connectivity index (χ2v) is 6.39. The number of rotatable bonds is 4. The molecule has 0 amide bonds. The summed E-state index contributed by atoms with van der Waals surface area (Å²) >= 11 is 0. The first-order valence-electron chi connectivity index (χ1n) is 8.54. The number of piperazine rings is 1. The maximum atomic E-state index is 11.7. The summed E-state index contributed by atoms with van der Waals surface area (Å²) in [5, 5.41) is 9.39. The third kappa shape index (κ3) is 3.70. The minimum absolute atomic E-state index is 0.0228. The zero-order valence-electron chi connectivity index (χ0n) is 14.6. The van der Waals surface area contributed by atoms with Crippen LogP contribution in [0.5, 0.6) is 0 Å². The van der Waals surface area contributed by atoms with Gasteiger partial charge in [-0.3, -0.25) is 14.7 Å². The van der Waals surface area contributed by atoms with Crippen molar-refractivity contribution in [3.63, 3.8) is 0 Å². The Hall–Kier alpha value is -2.71. The highest BCUT2D eigenvalue weighted by Crippen LogP contribution is 2.26. The van der Waals surface area contributed by atoms with Gasteiger partial charge in [-0.2, -0.15) is 5.26 Å². The molecule has 1 aromatic heterocycles. The number of ketones is 1. The van der Waals surface area contributed by atoms with E-state index in [9.17, 15) is 10.1 Å². The molecule has 25 heavy (non-hydrogen) atoms. The Bertz CT molecular complexity index is 789. The highest BCUT2D eigenvalue weighted by molar-refractivity contribution is 5.95. The predicted molar refractivity (Wildman–Crippen MR) is 97.6 cm³/mol. The lowest BCUT2D eigenvalue weighted by Crippen LogP contribution is -2.47. The molecular formula is C20H22N4O. The summed E-state index contributed by atoms with van der Waals surface area (Å²) in [5.41, 5.74) is 3.36. The normalized spacial score (nSPS) is 16.3. The lowest BCUT2D eigenvalue weighted by atomic mass is 10.0. The minimum Gasteiger partial charge on any atom is -0.368 e. The second kappa shape index (κ2) is 7.45. The molecule has 128 valence electrons. The number of hydrogen-bond donors (Lipinski definition) is 0. The number of pyridine rings is 1. The van der Waals surface area contributed by atoms with Crippen molar-refractivity contribution in [3.8, 4) is 6.07 Å². The third-order valence-electron chi connectivity index (χ3n) is 4.89. The van der Waals surface area contributed by atoms with Gasteiger partial charge in [0.25, 0.3) is 0 Å². The summed E-state index contributed by atoms with van der Waals surface area (Å²) in [6, 6.07) is 12.0. The smallest absolute Gasteiger partial charge is 0.159 e. The molecule has 5 heteroatoms. The van der Waals surface area contributed by atoms with E-state index in [1.165, 1.54) is 5.56 Å². The Balaban J connectivity index is 1.73.